The van der Waals surface area contributed by atoms with E-state index < -0.39 is 0 Å². The molecule has 0 saturated heterocycles. The van der Waals surface area contributed by atoms with Crippen molar-refractivity contribution in [2.24, 2.45) is 15.4 Å². The van der Waals surface area contributed by atoms with Gasteiger partial charge in [0.2, 0.25) is 0 Å². The second-order valence-corrected chi connectivity index (χ2v) is 7.17. The quantitative estimate of drug-likeness (QED) is 0.347. The minimum absolute atomic E-state index is 0.00153. The van der Waals surface area contributed by atoms with Crippen molar-refractivity contribution in [3.8, 4) is 0 Å². The third-order valence-electron chi connectivity index (χ3n) is 4.32. The summed E-state index contributed by atoms with van der Waals surface area (Å²) in [5.41, 5.74) is 3.95. The maximum absolute atomic E-state index is 13.2. The summed E-state index contributed by atoms with van der Waals surface area (Å²) < 4.78 is 13.2. The molecule has 0 aliphatic heterocycles. The van der Waals surface area contributed by atoms with E-state index in [1.54, 1.807) is 12.1 Å². The molecular formula is C24H31FN2. The van der Waals surface area contributed by atoms with E-state index in [-0.39, 0.29) is 11.2 Å². The van der Waals surface area contributed by atoms with Crippen LogP contribution in [0.3, 0.4) is 0 Å². The summed E-state index contributed by atoms with van der Waals surface area (Å²) in [5.74, 6) is -0.261. The van der Waals surface area contributed by atoms with Gasteiger partial charge in [0.25, 0.3) is 0 Å². The lowest BCUT2D eigenvalue weighted by molar-refractivity contribution is 0.515. The number of hydrogen-bond acceptors (Lipinski definition) is 2. The van der Waals surface area contributed by atoms with Crippen molar-refractivity contribution in [1.82, 2.24) is 0 Å². The van der Waals surface area contributed by atoms with Crippen LogP contribution in [0.1, 0.15) is 53.5 Å². The SMILES string of the molecule is C=C(N=CC(C)(C)CC)\C(N=C(C)c1ccc(F)cc1)=C(C)/C=C\C=C/C. The molecule has 0 bridgehead atoms. The summed E-state index contributed by atoms with van der Waals surface area (Å²) in [6, 6.07) is 6.33. The van der Waals surface area contributed by atoms with Crippen LogP contribution in [0.2, 0.25) is 0 Å². The largest absolute Gasteiger partial charge is 0.259 e. The van der Waals surface area contributed by atoms with Gasteiger partial charge in [-0.15, -0.1) is 0 Å². The van der Waals surface area contributed by atoms with Gasteiger partial charge >= 0.3 is 0 Å². The molecule has 1 aromatic carbocycles. The minimum Gasteiger partial charge on any atom is -0.259 e. The van der Waals surface area contributed by atoms with Crippen LogP contribution in [0, 0.1) is 11.2 Å². The smallest absolute Gasteiger partial charge is 0.123 e. The van der Waals surface area contributed by atoms with Crippen LogP contribution < -0.4 is 0 Å². The second-order valence-electron chi connectivity index (χ2n) is 7.17. The number of nitrogens with zero attached hydrogens (tertiary/aromatic N) is 2. The van der Waals surface area contributed by atoms with Crippen molar-refractivity contribution in [1.29, 1.82) is 0 Å². The van der Waals surface area contributed by atoms with Gasteiger partial charge in [-0.25, -0.2) is 4.39 Å². The Hall–Kier alpha value is -2.55. The Balaban J connectivity index is 3.33. The van der Waals surface area contributed by atoms with Gasteiger partial charge < -0.3 is 0 Å². The van der Waals surface area contributed by atoms with Gasteiger partial charge in [-0.1, -0.05) is 63.8 Å². The third-order valence-corrected chi connectivity index (χ3v) is 4.32. The lowest BCUT2D eigenvalue weighted by atomic mass is 9.92. The summed E-state index contributed by atoms with van der Waals surface area (Å²) in [5, 5.41) is 0. The number of hydrogen-bond donors (Lipinski definition) is 0. The fourth-order valence-electron chi connectivity index (χ4n) is 2.10. The molecule has 3 heteroatoms. The van der Waals surface area contributed by atoms with Crippen molar-refractivity contribution >= 4 is 11.9 Å². The van der Waals surface area contributed by atoms with Crippen molar-refractivity contribution in [2.75, 3.05) is 0 Å². The van der Waals surface area contributed by atoms with Gasteiger partial charge in [-0.05, 0) is 55.9 Å². The minimum atomic E-state index is -0.261. The lowest BCUT2D eigenvalue weighted by Gasteiger charge is -2.16. The zero-order valence-electron chi connectivity index (χ0n) is 17.4. The van der Waals surface area contributed by atoms with Crippen molar-refractivity contribution < 1.29 is 4.39 Å². The van der Waals surface area contributed by atoms with Crippen LogP contribution in [-0.2, 0) is 0 Å². The Morgan fingerprint density at radius 2 is 1.78 bits per heavy atom. The first-order chi connectivity index (χ1) is 12.7. The molecule has 27 heavy (non-hydrogen) atoms. The Kier molecular flexibility index (Phi) is 8.80. The zero-order valence-corrected chi connectivity index (χ0v) is 17.4. The molecule has 0 heterocycles. The van der Waals surface area contributed by atoms with Crippen molar-refractivity contribution in [3.63, 3.8) is 0 Å². The highest BCUT2D eigenvalue weighted by atomic mass is 19.1. The highest BCUT2D eigenvalue weighted by molar-refractivity contribution is 5.99. The van der Waals surface area contributed by atoms with Gasteiger partial charge in [-0.3, -0.25) is 9.98 Å². The molecule has 2 nitrogen and oxygen atoms in total. The predicted octanol–water partition coefficient (Wildman–Crippen LogP) is 7.06. The maximum Gasteiger partial charge on any atom is 0.123 e. The summed E-state index contributed by atoms with van der Waals surface area (Å²) in [4.78, 5) is 9.35. The molecule has 1 aromatic rings. The fraction of sp³-hybridized carbons (Fsp3) is 0.333. The van der Waals surface area contributed by atoms with Crippen LogP contribution >= 0.6 is 0 Å². The summed E-state index contributed by atoms with van der Waals surface area (Å²) >= 11 is 0. The second kappa shape index (κ2) is 10.6. The molecular weight excluding hydrogens is 335 g/mol. The van der Waals surface area contributed by atoms with E-state index in [4.69, 9.17) is 4.99 Å². The number of benzene rings is 1. The molecule has 0 aliphatic carbocycles. The predicted molar refractivity (Wildman–Crippen MR) is 117 cm³/mol. The third kappa shape index (κ3) is 7.69. The maximum atomic E-state index is 13.2. The molecule has 0 saturated carbocycles. The van der Waals surface area contributed by atoms with Crippen LogP contribution in [0.25, 0.3) is 0 Å². The zero-order chi connectivity index (χ0) is 20.4. The van der Waals surface area contributed by atoms with E-state index in [1.807, 2.05) is 51.3 Å². The molecule has 0 N–H and O–H groups in total. The molecule has 0 unspecified atom stereocenters. The molecule has 0 fully saturated rings. The molecule has 0 radical (unpaired) electrons. The molecule has 0 aromatic heterocycles. The van der Waals surface area contributed by atoms with Crippen molar-refractivity contribution in [2.45, 2.75) is 48.0 Å². The molecule has 0 atom stereocenters. The number of allylic oxidation sites excluding steroid dienone is 5. The summed E-state index contributed by atoms with van der Waals surface area (Å²) in [7, 11) is 0. The van der Waals surface area contributed by atoms with Gasteiger partial charge in [0.05, 0.1) is 11.4 Å². The standard InChI is InChI=1S/C24H31FN2/c1-8-10-11-12-18(3)23(20(5)26-17-24(6,7)9-2)27-19(4)21-13-15-22(25)16-14-21/h8,10-17H,5,9H2,1-4,6-7H3/b10-8-,12-11-,23-18+,26-17?,27-19?. The van der Waals surface area contributed by atoms with E-state index >= 15 is 0 Å². The van der Waals surface area contributed by atoms with Crippen molar-refractivity contribution in [3.05, 3.63) is 83.5 Å². The molecule has 0 aliphatic rings. The molecule has 144 valence electrons. The fourth-order valence-corrected chi connectivity index (χ4v) is 2.10. The average Bonchev–Trinajstić information content (AvgIpc) is 2.64. The Morgan fingerprint density at radius 1 is 1.15 bits per heavy atom. The number of halogens is 1. The first-order valence-electron chi connectivity index (χ1n) is 9.26. The van der Waals surface area contributed by atoms with E-state index in [0.717, 1.165) is 29.0 Å². The van der Waals surface area contributed by atoms with Gasteiger partial charge in [0, 0.05) is 11.9 Å². The first kappa shape index (κ1) is 22.5. The Bertz CT molecular complexity index is 788. The van der Waals surface area contributed by atoms with E-state index in [1.165, 1.54) is 12.1 Å². The highest BCUT2D eigenvalue weighted by Crippen LogP contribution is 2.22. The summed E-state index contributed by atoms with van der Waals surface area (Å²) in [6.45, 7) is 16.4. The van der Waals surface area contributed by atoms with Crippen LogP contribution in [0.5, 0.6) is 0 Å². The normalized spacial score (nSPS) is 14.4. The molecule has 1 rings (SSSR count). The average molecular weight is 367 g/mol. The Labute approximate surface area is 163 Å². The summed E-state index contributed by atoms with van der Waals surface area (Å²) in [6.07, 6.45) is 10.8. The Morgan fingerprint density at radius 3 is 2.33 bits per heavy atom. The highest BCUT2D eigenvalue weighted by Gasteiger charge is 2.12. The van der Waals surface area contributed by atoms with Gasteiger partial charge in [0.15, 0.2) is 0 Å². The van der Waals surface area contributed by atoms with Crippen LogP contribution in [0.4, 0.5) is 4.39 Å². The van der Waals surface area contributed by atoms with Gasteiger partial charge in [0.1, 0.15) is 5.82 Å². The molecule has 0 amide bonds. The van der Waals surface area contributed by atoms with Crippen LogP contribution in [-0.4, -0.2) is 11.9 Å². The van der Waals surface area contributed by atoms with Crippen LogP contribution in [0.15, 0.2) is 82.1 Å². The van der Waals surface area contributed by atoms with Gasteiger partial charge in [-0.2, -0.15) is 0 Å². The van der Waals surface area contributed by atoms with E-state index in [0.29, 0.717) is 5.70 Å². The lowest BCUT2D eigenvalue weighted by Crippen LogP contribution is -2.11. The monoisotopic (exact) mass is 366 g/mol. The number of rotatable bonds is 8. The molecule has 0 spiro atoms. The first-order valence-corrected chi connectivity index (χ1v) is 9.26. The number of aliphatic imine (C=N–C) groups is 2. The van der Waals surface area contributed by atoms with E-state index in [2.05, 4.69) is 32.3 Å². The topological polar surface area (TPSA) is 24.7 Å². The van der Waals surface area contributed by atoms with E-state index in [9.17, 15) is 4.39 Å².